The van der Waals surface area contributed by atoms with Crippen molar-refractivity contribution in [2.75, 3.05) is 0 Å². The summed E-state index contributed by atoms with van der Waals surface area (Å²) >= 11 is 0. The van der Waals surface area contributed by atoms with Crippen molar-refractivity contribution < 1.29 is 0 Å². The number of aromatic nitrogens is 1. The molecule has 1 unspecified atom stereocenters. The first-order valence-electron chi connectivity index (χ1n) is 9.02. The van der Waals surface area contributed by atoms with Gasteiger partial charge in [0.15, 0.2) is 0 Å². The van der Waals surface area contributed by atoms with Crippen LogP contribution in [0.2, 0.25) is 0 Å². The van der Waals surface area contributed by atoms with Gasteiger partial charge in [-0.1, -0.05) is 61.0 Å². The van der Waals surface area contributed by atoms with E-state index >= 15 is 0 Å². The molecule has 0 spiro atoms. The molecule has 25 heavy (non-hydrogen) atoms. The van der Waals surface area contributed by atoms with Crippen LogP contribution < -0.4 is 0 Å². The van der Waals surface area contributed by atoms with Gasteiger partial charge in [-0.2, -0.15) is 0 Å². The molecule has 1 nitrogen and oxygen atoms in total. The van der Waals surface area contributed by atoms with E-state index in [2.05, 4.69) is 91.2 Å². The summed E-state index contributed by atoms with van der Waals surface area (Å²) in [5.41, 5.74) is 9.63. The molecular weight excluding hydrogens is 302 g/mol. The second-order valence-corrected chi connectivity index (χ2v) is 7.21. The van der Waals surface area contributed by atoms with E-state index in [-0.39, 0.29) is 0 Å². The van der Waals surface area contributed by atoms with Crippen molar-refractivity contribution in [1.82, 2.24) is 4.57 Å². The molecule has 1 aliphatic carbocycles. The molecule has 0 fully saturated rings. The van der Waals surface area contributed by atoms with Gasteiger partial charge in [0.2, 0.25) is 0 Å². The molecule has 1 heterocycles. The molecule has 1 atom stereocenters. The summed E-state index contributed by atoms with van der Waals surface area (Å²) < 4.78 is 2.47. The lowest BCUT2D eigenvalue weighted by molar-refractivity contribution is 0.720. The molecule has 4 aromatic rings. The minimum atomic E-state index is 0.538. The van der Waals surface area contributed by atoms with Gasteiger partial charge in [-0.25, -0.2) is 0 Å². The van der Waals surface area contributed by atoms with Crippen molar-refractivity contribution in [3.05, 3.63) is 89.6 Å². The highest BCUT2D eigenvalue weighted by molar-refractivity contribution is 6.01. The normalized spacial score (nSPS) is 15.8. The zero-order valence-electron chi connectivity index (χ0n) is 14.7. The highest BCUT2D eigenvalue weighted by Gasteiger charge is 2.28. The molecular formula is C24H21N. The van der Waals surface area contributed by atoms with E-state index in [1.165, 1.54) is 44.5 Å². The van der Waals surface area contributed by atoms with Crippen LogP contribution >= 0.6 is 0 Å². The third-order valence-electron chi connectivity index (χ3n) is 5.50. The van der Waals surface area contributed by atoms with Gasteiger partial charge in [-0.15, -0.1) is 0 Å². The molecule has 3 aromatic carbocycles. The summed E-state index contributed by atoms with van der Waals surface area (Å²) in [7, 11) is 0. The van der Waals surface area contributed by atoms with E-state index < -0.39 is 0 Å². The number of benzene rings is 3. The zero-order chi connectivity index (χ0) is 17.0. The largest absolute Gasteiger partial charge is 0.313 e. The summed E-state index contributed by atoms with van der Waals surface area (Å²) in [6.45, 7) is 4.53. The molecule has 0 bridgehead atoms. The predicted octanol–water partition coefficient (Wildman–Crippen LogP) is 6.27. The van der Waals surface area contributed by atoms with Crippen LogP contribution in [0, 0.1) is 6.92 Å². The number of para-hydroxylation sites is 1. The monoisotopic (exact) mass is 323 g/mol. The van der Waals surface area contributed by atoms with E-state index in [1.54, 1.807) is 0 Å². The van der Waals surface area contributed by atoms with Gasteiger partial charge < -0.3 is 4.57 Å². The van der Waals surface area contributed by atoms with Crippen molar-refractivity contribution in [2.24, 2.45) is 0 Å². The number of aryl methyl sites for hydroxylation is 1. The Morgan fingerprint density at radius 2 is 1.64 bits per heavy atom. The van der Waals surface area contributed by atoms with Crippen LogP contribution in [0.25, 0.3) is 27.7 Å². The first-order chi connectivity index (χ1) is 12.2. The molecule has 1 aliphatic rings. The van der Waals surface area contributed by atoms with Crippen LogP contribution in [0.3, 0.4) is 0 Å². The SMILES string of the molecule is Cc1ccc2c(c1)c1c(n2-c2ccccc2)CC(C)c2ccccc2-1. The molecule has 122 valence electrons. The highest BCUT2D eigenvalue weighted by Crippen LogP contribution is 2.45. The highest BCUT2D eigenvalue weighted by atomic mass is 15.0. The van der Waals surface area contributed by atoms with Crippen LogP contribution in [-0.2, 0) is 6.42 Å². The summed E-state index contributed by atoms with van der Waals surface area (Å²) in [5, 5.41) is 1.37. The second kappa shape index (κ2) is 5.35. The Balaban J connectivity index is 1.94. The van der Waals surface area contributed by atoms with Gasteiger partial charge >= 0.3 is 0 Å². The van der Waals surface area contributed by atoms with E-state index in [0.717, 1.165) is 6.42 Å². The smallest absolute Gasteiger partial charge is 0.0538 e. The average Bonchev–Trinajstić information content (AvgIpc) is 2.96. The van der Waals surface area contributed by atoms with Crippen LogP contribution in [-0.4, -0.2) is 4.57 Å². The molecule has 0 N–H and O–H groups in total. The number of rotatable bonds is 1. The molecule has 0 amide bonds. The number of hydrogen-bond donors (Lipinski definition) is 0. The summed E-state index contributed by atoms with van der Waals surface area (Å²) in [4.78, 5) is 0. The van der Waals surface area contributed by atoms with Crippen molar-refractivity contribution in [3.8, 4) is 16.8 Å². The quantitative estimate of drug-likeness (QED) is 0.389. The third-order valence-corrected chi connectivity index (χ3v) is 5.50. The van der Waals surface area contributed by atoms with Gasteiger partial charge in [0.1, 0.15) is 0 Å². The lowest BCUT2D eigenvalue weighted by Crippen LogP contribution is -2.11. The van der Waals surface area contributed by atoms with Gasteiger partial charge in [0.25, 0.3) is 0 Å². The maximum atomic E-state index is 2.47. The van der Waals surface area contributed by atoms with Crippen molar-refractivity contribution >= 4 is 10.9 Å². The van der Waals surface area contributed by atoms with Crippen molar-refractivity contribution in [1.29, 1.82) is 0 Å². The van der Waals surface area contributed by atoms with Crippen molar-refractivity contribution in [3.63, 3.8) is 0 Å². The van der Waals surface area contributed by atoms with E-state index in [4.69, 9.17) is 0 Å². The molecule has 0 saturated carbocycles. The predicted molar refractivity (Wildman–Crippen MR) is 106 cm³/mol. The van der Waals surface area contributed by atoms with Gasteiger partial charge in [-0.3, -0.25) is 0 Å². The Bertz CT molecular complexity index is 1090. The Hall–Kier alpha value is -2.80. The first kappa shape index (κ1) is 14.5. The minimum Gasteiger partial charge on any atom is -0.313 e. The molecule has 5 rings (SSSR count). The zero-order valence-corrected chi connectivity index (χ0v) is 14.7. The molecule has 0 saturated heterocycles. The van der Waals surface area contributed by atoms with Gasteiger partial charge in [0.05, 0.1) is 5.52 Å². The second-order valence-electron chi connectivity index (χ2n) is 7.21. The maximum Gasteiger partial charge on any atom is 0.0538 e. The Kier molecular flexibility index (Phi) is 3.11. The maximum absolute atomic E-state index is 2.47. The average molecular weight is 323 g/mol. The minimum absolute atomic E-state index is 0.538. The number of fused-ring (bicyclic) bond motifs is 5. The Labute approximate surface area is 148 Å². The standard InChI is InChI=1S/C24H21N/c1-16-12-13-22-21(14-16)24-20-11-7-6-10-19(20)17(2)15-23(24)25(22)18-8-4-3-5-9-18/h3-14,17H,15H2,1-2H3. The van der Waals surface area contributed by atoms with Crippen molar-refractivity contribution in [2.45, 2.75) is 26.2 Å². The van der Waals surface area contributed by atoms with Crippen LogP contribution in [0.4, 0.5) is 0 Å². The molecule has 0 radical (unpaired) electrons. The van der Waals surface area contributed by atoms with Crippen LogP contribution in [0.5, 0.6) is 0 Å². The molecule has 0 aliphatic heterocycles. The Morgan fingerprint density at radius 1 is 0.880 bits per heavy atom. The third kappa shape index (κ3) is 2.09. The summed E-state index contributed by atoms with van der Waals surface area (Å²) in [5.74, 6) is 0.538. The van der Waals surface area contributed by atoms with Crippen LogP contribution in [0.1, 0.15) is 29.7 Å². The van der Waals surface area contributed by atoms with Crippen LogP contribution in [0.15, 0.2) is 72.8 Å². The van der Waals surface area contributed by atoms with E-state index in [0.29, 0.717) is 5.92 Å². The lowest BCUT2D eigenvalue weighted by atomic mass is 9.82. The molecule has 1 heteroatoms. The molecule has 1 aromatic heterocycles. The Morgan fingerprint density at radius 3 is 2.48 bits per heavy atom. The van der Waals surface area contributed by atoms with E-state index in [9.17, 15) is 0 Å². The fourth-order valence-corrected chi connectivity index (χ4v) is 4.38. The first-order valence-corrected chi connectivity index (χ1v) is 9.02. The number of hydrogen-bond acceptors (Lipinski definition) is 0. The van der Waals surface area contributed by atoms with Gasteiger partial charge in [0, 0.05) is 22.3 Å². The van der Waals surface area contributed by atoms with E-state index in [1.807, 2.05) is 0 Å². The summed E-state index contributed by atoms with van der Waals surface area (Å²) in [6.07, 6.45) is 1.08. The summed E-state index contributed by atoms with van der Waals surface area (Å²) in [6, 6.07) is 26.5. The lowest BCUT2D eigenvalue weighted by Gasteiger charge is -2.25. The topological polar surface area (TPSA) is 4.93 Å². The number of nitrogens with zero attached hydrogens (tertiary/aromatic N) is 1. The fourth-order valence-electron chi connectivity index (χ4n) is 4.38. The fraction of sp³-hybridized carbons (Fsp3) is 0.167. The van der Waals surface area contributed by atoms with Gasteiger partial charge in [-0.05, 0) is 54.7 Å².